The fourth-order valence-corrected chi connectivity index (χ4v) is 4.00. The van der Waals surface area contributed by atoms with Gasteiger partial charge in [0.1, 0.15) is 5.60 Å². The first-order valence-electron chi connectivity index (χ1n) is 8.37. The van der Waals surface area contributed by atoms with Gasteiger partial charge in [-0.05, 0) is 41.8 Å². The van der Waals surface area contributed by atoms with Crippen molar-refractivity contribution >= 4 is 41.3 Å². The minimum Gasteiger partial charge on any atom is -0.383 e. The van der Waals surface area contributed by atoms with Crippen LogP contribution in [0.5, 0.6) is 0 Å². The summed E-state index contributed by atoms with van der Waals surface area (Å²) in [5.74, 6) is 0.823. The van der Waals surface area contributed by atoms with Gasteiger partial charge < -0.3 is 15.3 Å². The minimum absolute atomic E-state index is 0. The molecule has 1 aliphatic rings. The predicted molar refractivity (Wildman–Crippen MR) is 116 cm³/mol. The van der Waals surface area contributed by atoms with Crippen LogP contribution in [0, 0.1) is 0 Å². The second kappa shape index (κ2) is 9.00. The number of thiophene rings is 1. The molecule has 2 aromatic rings. The predicted octanol–water partition coefficient (Wildman–Crippen LogP) is 3.25. The lowest BCUT2D eigenvalue weighted by molar-refractivity contribution is 0.0427. The Balaban J connectivity index is 0.00000225. The van der Waals surface area contributed by atoms with E-state index in [9.17, 15) is 5.11 Å². The summed E-state index contributed by atoms with van der Waals surface area (Å²) in [7, 11) is 3.83. The van der Waals surface area contributed by atoms with Crippen LogP contribution >= 0.6 is 35.3 Å². The minimum atomic E-state index is -0.804. The summed E-state index contributed by atoms with van der Waals surface area (Å²) in [6.07, 6.45) is 2.69. The summed E-state index contributed by atoms with van der Waals surface area (Å²) in [6.45, 7) is 1.38. The van der Waals surface area contributed by atoms with E-state index in [1.54, 1.807) is 18.4 Å². The molecule has 1 atom stereocenters. The standard InChI is InChI=1S/C19H25N3OS.HI/c1-20-18(22(2)12-10-16-7-5-13-24-16)21-14-19(23)11-9-15-6-3-4-8-17(15)19;/h3-8,13,23H,9-12,14H2,1-2H3,(H,20,21);1H. The number of rotatable bonds is 5. The van der Waals surface area contributed by atoms with Gasteiger partial charge in [-0.2, -0.15) is 0 Å². The van der Waals surface area contributed by atoms with Crippen LogP contribution in [0.4, 0.5) is 0 Å². The van der Waals surface area contributed by atoms with Crippen molar-refractivity contribution in [3.8, 4) is 0 Å². The van der Waals surface area contributed by atoms with E-state index in [1.165, 1.54) is 10.4 Å². The number of benzene rings is 1. The van der Waals surface area contributed by atoms with Gasteiger partial charge in [0.15, 0.2) is 5.96 Å². The summed E-state index contributed by atoms with van der Waals surface area (Å²) >= 11 is 1.78. The molecule has 0 fully saturated rings. The molecular weight excluding hydrogens is 445 g/mol. The molecule has 0 radical (unpaired) electrons. The van der Waals surface area contributed by atoms with Gasteiger partial charge in [0.2, 0.25) is 0 Å². The smallest absolute Gasteiger partial charge is 0.193 e. The number of fused-ring (bicyclic) bond motifs is 1. The molecule has 1 unspecified atom stereocenters. The van der Waals surface area contributed by atoms with Crippen LogP contribution in [0.15, 0.2) is 46.8 Å². The Morgan fingerprint density at radius 1 is 1.32 bits per heavy atom. The number of nitrogens with zero attached hydrogens (tertiary/aromatic N) is 2. The molecule has 4 nitrogen and oxygen atoms in total. The highest BCUT2D eigenvalue weighted by Crippen LogP contribution is 2.36. The van der Waals surface area contributed by atoms with Crippen molar-refractivity contribution in [2.75, 3.05) is 27.2 Å². The van der Waals surface area contributed by atoms with Gasteiger partial charge >= 0.3 is 0 Å². The zero-order chi connectivity index (χ0) is 17.0. The molecule has 0 saturated carbocycles. The number of halogens is 1. The number of aryl methyl sites for hydroxylation is 1. The molecule has 25 heavy (non-hydrogen) atoms. The first-order valence-corrected chi connectivity index (χ1v) is 9.25. The van der Waals surface area contributed by atoms with Crippen LogP contribution in [0.1, 0.15) is 22.4 Å². The molecule has 1 aliphatic carbocycles. The van der Waals surface area contributed by atoms with Crippen LogP contribution < -0.4 is 5.32 Å². The van der Waals surface area contributed by atoms with Crippen LogP contribution in [-0.4, -0.2) is 43.2 Å². The fourth-order valence-electron chi connectivity index (χ4n) is 3.30. The number of hydrogen-bond donors (Lipinski definition) is 2. The molecule has 2 N–H and O–H groups in total. The highest BCUT2D eigenvalue weighted by molar-refractivity contribution is 14.0. The van der Waals surface area contributed by atoms with E-state index >= 15 is 0 Å². The molecule has 1 aromatic carbocycles. The van der Waals surface area contributed by atoms with E-state index in [0.29, 0.717) is 6.54 Å². The van der Waals surface area contributed by atoms with E-state index < -0.39 is 5.60 Å². The highest BCUT2D eigenvalue weighted by atomic mass is 127. The lowest BCUT2D eigenvalue weighted by atomic mass is 9.96. The summed E-state index contributed by atoms with van der Waals surface area (Å²) in [5, 5.41) is 16.5. The van der Waals surface area contributed by atoms with Crippen molar-refractivity contribution in [3.05, 3.63) is 57.8 Å². The first-order chi connectivity index (χ1) is 11.6. The van der Waals surface area contributed by atoms with Crippen molar-refractivity contribution in [2.24, 2.45) is 4.99 Å². The lowest BCUT2D eigenvalue weighted by Crippen LogP contribution is -2.46. The first kappa shape index (κ1) is 20.2. The van der Waals surface area contributed by atoms with Crippen molar-refractivity contribution in [2.45, 2.75) is 24.9 Å². The SMILES string of the molecule is CN=C(NCC1(O)CCc2ccccc21)N(C)CCc1cccs1.I. The summed E-state index contributed by atoms with van der Waals surface area (Å²) in [4.78, 5) is 7.85. The maximum atomic E-state index is 11.0. The van der Waals surface area contributed by atoms with Gasteiger partial charge in [0, 0.05) is 25.5 Å². The number of guanidine groups is 1. The van der Waals surface area contributed by atoms with E-state index in [2.05, 4.69) is 38.8 Å². The van der Waals surface area contributed by atoms with Gasteiger partial charge in [-0.1, -0.05) is 30.3 Å². The van der Waals surface area contributed by atoms with E-state index in [-0.39, 0.29) is 24.0 Å². The maximum absolute atomic E-state index is 11.0. The fraction of sp³-hybridized carbons (Fsp3) is 0.421. The zero-order valence-electron chi connectivity index (χ0n) is 14.7. The second-order valence-corrected chi connectivity index (χ2v) is 7.37. The van der Waals surface area contributed by atoms with Crippen molar-refractivity contribution in [1.29, 1.82) is 0 Å². The Morgan fingerprint density at radius 3 is 2.84 bits per heavy atom. The van der Waals surface area contributed by atoms with Gasteiger partial charge in [-0.15, -0.1) is 35.3 Å². The quantitative estimate of drug-likeness (QED) is 0.400. The van der Waals surface area contributed by atoms with E-state index in [1.807, 2.05) is 25.2 Å². The maximum Gasteiger partial charge on any atom is 0.193 e. The van der Waals surface area contributed by atoms with E-state index in [4.69, 9.17) is 0 Å². The van der Waals surface area contributed by atoms with Crippen LogP contribution in [0.25, 0.3) is 0 Å². The van der Waals surface area contributed by atoms with Crippen LogP contribution in [0.2, 0.25) is 0 Å². The molecule has 1 aromatic heterocycles. The Bertz CT molecular complexity index is 704. The van der Waals surface area contributed by atoms with Gasteiger partial charge in [0.25, 0.3) is 0 Å². The molecule has 0 aliphatic heterocycles. The zero-order valence-corrected chi connectivity index (χ0v) is 17.9. The second-order valence-electron chi connectivity index (χ2n) is 6.34. The van der Waals surface area contributed by atoms with Gasteiger partial charge in [-0.3, -0.25) is 4.99 Å². The van der Waals surface area contributed by atoms with Gasteiger partial charge in [-0.25, -0.2) is 0 Å². The number of aliphatic imine (C=N–C) groups is 1. The number of aliphatic hydroxyl groups is 1. The summed E-state index contributed by atoms with van der Waals surface area (Å²) in [6, 6.07) is 12.4. The highest BCUT2D eigenvalue weighted by Gasteiger charge is 2.36. The lowest BCUT2D eigenvalue weighted by Gasteiger charge is -2.28. The van der Waals surface area contributed by atoms with Gasteiger partial charge in [0.05, 0.1) is 6.54 Å². The Labute approximate surface area is 171 Å². The number of hydrogen-bond acceptors (Lipinski definition) is 3. The molecule has 1 heterocycles. The average molecular weight is 471 g/mol. The number of likely N-dealkylation sites (N-methyl/N-ethyl adjacent to an activating group) is 1. The van der Waals surface area contributed by atoms with Crippen molar-refractivity contribution in [1.82, 2.24) is 10.2 Å². The molecule has 3 rings (SSSR count). The third kappa shape index (κ3) is 4.74. The Kier molecular flexibility index (Phi) is 7.27. The Morgan fingerprint density at radius 2 is 2.12 bits per heavy atom. The summed E-state index contributed by atoms with van der Waals surface area (Å²) in [5.41, 5.74) is 1.50. The normalized spacial score (nSPS) is 19.2. The third-order valence-corrected chi connectivity index (χ3v) is 5.65. The molecule has 6 heteroatoms. The molecule has 0 saturated heterocycles. The third-order valence-electron chi connectivity index (χ3n) is 4.71. The molecule has 136 valence electrons. The molecule has 0 amide bonds. The number of nitrogens with one attached hydrogen (secondary N) is 1. The van der Waals surface area contributed by atoms with Crippen molar-refractivity contribution in [3.63, 3.8) is 0 Å². The van der Waals surface area contributed by atoms with Crippen molar-refractivity contribution < 1.29 is 5.11 Å². The van der Waals surface area contributed by atoms with E-state index in [0.717, 1.165) is 37.3 Å². The molecular formula is C19H26IN3OS. The van der Waals surface area contributed by atoms with Crippen LogP contribution in [-0.2, 0) is 18.4 Å². The summed E-state index contributed by atoms with van der Waals surface area (Å²) < 4.78 is 0. The largest absolute Gasteiger partial charge is 0.383 e. The topological polar surface area (TPSA) is 47.9 Å². The average Bonchev–Trinajstić information content (AvgIpc) is 3.23. The Hall–Kier alpha value is -1.12. The molecule has 0 bridgehead atoms. The monoisotopic (exact) mass is 471 g/mol. The van der Waals surface area contributed by atoms with Crippen LogP contribution in [0.3, 0.4) is 0 Å². The molecule has 0 spiro atoms.